The van der Waals surface area contributed by atoms with E-state index in [1.54, 1.807) is 12.1 Å². The molecule has 1 amide bonds. The fourth-order valence-corrected chi connectivity index (χ4v) is 3.11. The Hall–Kier alpha value is -1.20. The van der Waals surface area contributed by atoms with Crippen molar-refractivity contribution in [1.29, 1.82) is 0 Å². The van der Waals surface area contributed by atoms with Gasteiger partial charge < -0.3 is 5.32 Å². The molecular formula is C17H16Br2FNO. The molecule has 0 aromatic heterocycles. The molecule has 0 spiro atoms. The Labute approximate surface area is 146 Å². The van der Waals surface area contributed by atoms with Gasteiger partial charge in [0.2, 0.25) is 5.91 Å². The van der Waals surface area contributed by atoms with Gasteiger partial charge in [-0.1, -0.05) is 50.9 Å². The predicted molar refractivity (Wildman–Crippen MR) is 93.1 cm³/mol. The molecule has 5 heteroatoms. The van der Waals surface area contributed by atoms with Crippen molar-refractivity contribution in [2.75, 3.05) is 0 Å². The second-order valence-corrected chi connectivity index (χ2v) is 6.80. The highest BCUT2D eigenvalue weighted by molar-refractivity contribution is 9.10. The highest BCUT2D eigenvalue weighted by atomic mass is 79.9. The van der Waals surface area contributed by atoms with Gasteiger partial charge in [-0.05, 0) is 42.3 Å². The minimum atomic E-state index is -0.320. The van der Waals surface area contributed by atoms with Crippen molar-refractivity contribution >= 4 is 37.8 Å². The van der Waals surface area contributed by atoms with Gasteiger partial charge in [-0.25, -0.2) is 4.39 Å². The molecule has 0 aliphatic carbocycles. The summed E-state index contributed by atoms with van der Waals surface area (Å²) in [5.41, 5.74) is 1.41. The van der Waals surface area contributed by atoms with Gasteiger partial charge in [0.1, 0.15) is 5.82 Å². The molecule has 0 saturated carbocycles. The molecule has 0 radical (unpaired) electrons. The maximum Gasteiger partial charge on any atom is 0.227 e. The zero-order chi connectivity index (χ0) is 16.1. The zero-order valence-electron chi connectivity index (χ0n) is 12.1. The topological polar surface area (TPSA) is 29.1 Å². The minimum Gasteiger partial charge on any atom is -0.351 e. The fourth-order valence-electron chi connectivity index (χ4n) is 2.28. The number of rotatable bonds is 5. The third-order valence-electron chi connectivity index (χ3n) is 3.44. The summed E-state index contributed by atoms with van der Waals surface area (Å²) in [5, 5.41) is 2.82. The van der Waals surface area contributed by atoms with Gasteiger partial charge in [0.05, 0.1) is 5.92 Å². The van der Waals surface area contributed by atoms with Crippen LogP contribution in [0.25, 0.3) is 0 Å². The normalized spacial score (nSPS) is 12.0. The largest absolute Gasteiger partial charge is 0.351 e. The van der Waals surface area contributed by atoms with Crippen LogP contribution >= 0.6 is 31.9 Å². The lowest BCUT2D eigenvalue weighted by atomic mass is 9.95. The lowest BCUT2D eigenvalue weighted by Crippen LogP contribution is -2.29. The molecule has 0 bridgehead atoms. The van der Waals surface area contributed by atoms with E-state index in [1.165, 1.54) is 6.07 Å². The van der Waals surface area contributed by atoms with E-state index in [4.69, 9.17) is 0 Å². The highest BCUT2D eigenvalue weighted by Gasteiger charge is 2.19. The number of amides is 1. The van der Waals surface area contributed by atoms with Gasteiger partial charge in [0.15, 0.2) is 0 Å². The molecule has 0 heterocycles. The molecule has 0 aliphatic heterocycles. The summed E-state index contributed by atoms with van der Waals surface area (Å²) < 4.78 is 15.4. The quantitative estimate of drug-likeness (QED) is 0.699. The molecule has 0 unspecified atom stereocenters. The van der Waals surface area contributed by atoms with Crippen LogP contribution in [-0.4, -0.2) is 5.91 Å². The standard InChI is InChI=1S/C17H16Br2FNO/c1-2-15(11-4-3-5-13(18)8-11)17(22)21-10-12-9-14(19)6-7-16(12)20/h3-9,15H,2,10H2,1H3,(H,21,22)/t15-/m1/s1. The summed E-state index contributed by atoms with van der Waals surface area (Å²) in [5.74, 6) is -0.660. The van der Waals surface area contributed by atoms with Crippen LogP contribution in [0.2, 0.25) is 0 Å². The molecule has 2 rings (SSSR count). The van der Waals surface area contributed by atoms with Crippen molar-refractivity contribution in [3.63, 3.8) is 0 Å². The van der Waals surface area contributed by atoms with Gasteiger partial charge in [-0.2, -0.15) is 0 Å². The smallest absolute Gasteiger partial charge is 0.227 e. The van der Waals surface area contributed by atoms with Gasteiger partial charge in [-0.3, -0.25) is 4.79 Å². The lowest BCUT2D eigenvalue weighted by molar-refractivity contribution is -0.122. The molecule has 22 heavy (non-hydrogen) atoms. The summed E-state index contributed by atoms with van der Waals surface area (Å²) in [6, 6.07) is 12.4. The molecule has 0 aliphatic rings. The van der Waals surface area contributed by atoms with E-state index in [0.717, 1.165) is 14.5 Å². The van der Waals surface area contributed by atoms with Gasteiger partial charge in [0, 0.05) is 21.1 Å². The number of benzene rings is 2. The molecule has 2 aromatic carbocycles. The summed E-state index contributed by atoms with van der Waals surface area (Å²) >= 11 is 6.72. The van der Waals surface area contributed by atoms with Crippen LogP contribution in [0.1, 0.15) is 30.4 Å². The first-order chi connectivity index (χ1) is 10.5. The van der Waals surface area contributed by atoms with Crippen LogP contribution in [0, 0.1) is 5.82 Å². The van der Waals surface area contributed by atoms with E-state index < -0.39 is 0 Å². The van der Waals surface area contributed by atoms with Gasteiger partial charge in [-0.15, -0.1) is 0 Å². The van der Waals surface area contributed by atoms with E-state index >= 15 is 0 Å². The zero-order valence-corrected chi connectivity index (χ0v) is 15.2. The molecule has 2 nitrogen and oxygen atoms in total. The van der Waals surface area contributed by atoms with E-state index in [9.17, 15) is 9.18 Å². The van der Waals surface area contributed by atoms with E-state index in [-0.39, 0.29) is 24.2 Å². The third-order valence-corrected chi connectivity index (χ3v) is 4.42. The van der Waals surface area contributed by atoms with Crippen molar-refractivity contribution < 1.29 is 9.18 Å². The molecular weight excluding hydrogens is 413 g/mol. The van der Waals surface area contributed by atoms with Crippen LogP contribution in [0.5, 0.6) is 0 Å². The fraction of sp³-hybridized carbons (Fsp3) is 0.235. The maximum absolute atomic E-state index is 13.7. The van der Waals surface area contributed by atoms with Crippen LogP contribution in [-0.2, 0) is 11.3 Å². The molecule has 0 fully saturated rings. The Bertz CT molecular complexity index is 675. The predicted octanol–water partition coefficient (Wildman–Crippen LogP) is 5.16. The first kappa shape index (κ1) is 17.2. The summed E-state index contributed by atoms with van der Waals surface area (Å²) in [4.78, 5) is 12.4. The molecule has 1 atom stereocenters. The Morgan fingerprint density at radius 1 is 1.18 bits per heavy atom. The van der Waals surface area contributed by atoms with E-state index in [0.29, 0.717) is 12.0 Å². The minimum absolute atomic E-state index is 0.0972. The Balaban J connectivity index is 2.08. The molecule has 2 aromatic rings. The third kappa shape index (κ3) is 4.40. The van der Waals surface area contributed by atoms with Crippen molar-refractivity contribution in [1.82, 2.24) is 5.32 Å². The number of halogens is 3. The first-order valence-corrected chi connectivity index (χ1v) is 8.57. The van der Waals surface area contributed by atoms with Crippen molar-refractivity contribution in [2.24, 2.45) is 0 Å². The van der Waals surface area contributed by atoms with Crippen molar-refractivity contribution in [3.8, 4) is 0 Å². The van der Waals surface area contributed by atoms with Crippen LogP contribution < -0.4 is 5.32 Å². The summed E-state index contributed by atoms with van der Waals surface area (Å²) in [6.45, 7) is 2.14. The number of hydrogen-bond donors (Lipinski definition) is 1. The van der Waals surface area contributed by atoms with Gasteiger partial charge >= 0.3 is 0 Å². The number of carbonyl (C=O) groups excluding carboxylic acids is 1. The summed E-state index contributed by atoms with van der Waals surface area (Å²) in [6.07, 6.45) is 0.684. The highest BCUT2D eigenvalue weighted by Crippen LogP contribution is 2.23. The monoisotopic (exact) mass is 427 g/mol. The average Bonchev–Trinajstić information content (AvgIpc) is 2.49. The van der Waals surface area contributed by atoms with Crippen molar-refractivity contribution in [3.05, 3.63) is 68.4 Å². The Morgan fingerprint density at radius 3 is 2.59 bits per heavy atom. The van der Waals surface area contributed by atoms with Crippen LogP contribution in [0.15, 0.2) is 51.4 Å². The number of nitrogens with one attached hydrogen (secondary N) is 1. The second-order valence-electron chi connectivity index (χ2n) is 4.97. The molecule has 0 saturated heterocycles. The average molecular weight is 429 g/mol. The van der Waals surface area contributed by atoms with Gasteiger partial charge in [0.25, 0.3) is 0 Å². The number of carbonyl (C=O) groups is 1. The SMILES string of the molecule is CC[C@@H](C(=O)NCc1cc(Br)ccc1F)c1cccc(Br)c1. The Morgan fingerprint density at radius 2 is 1.91 bits per heavy atom. The van der Waals surface area contributed by atoms with Crippen LogP contribution in [0.3, 0.4) is 0 Å². The maximum atomic E-state index is 13.7. The molecule has 116 valence electrons. The van der Waals surface area contributed by atoms with E-state index in [2.05, 4.69) is 37.2 Å². The summed E-state index contributed by atoms with van der Waals surface area (Å²) in [7, 11) is 0. The second kappa shape index (κ2) is 7.88. The van der Waals surface area contributed by atoms with Crippen molar-refractivity contribution in [2.45, 2.75) is 25.8 Å². The Kier molecular flexibility index (Phi) is 6.15. The molecule has 1 N–H and O–H groups in total. The lowest BCUT2D eigenvalue weighted by Gasteiger charge is -2.16. The first-order valence-electron chi connectivity index (χ1n) is 6.98. The number of hydrogen-bond acceptors (Lipinski definition) is 1. The van der Waals surface area contributed by atoms with Crippen LogP contribution in [0.4, 0.5) is 4.39 Å². The van der Waals surface area contributed by atoms with E-state index in [1.807, 2.05) is 31.2 Å².